The van der Waals surface area contributed by atoms with Crippen LogP contribution in [0.25, 0.3) is 0 Å². The Morgan fingerprint density at radius 3 is 2.29 bits per heavy atom. The summed E-state index contributed by atoms with van der Waals surface area (Å²) in [6.45, 7) is 10.6. The molecular weight excluding hydrogens is 401 g/mol. The maximum Gasteiger partial charge on any atom is 0.191 e. The molecule has 0 saturated heterocycles. The third kappa shape index (κ3) is 14.6. The molecule has 0 aliphatic carbocycles. The summed E-state index contributed by atoms with van der Waals surface area (Å²) in [5.41, 5.74) is -0.115. The number of guanidine groups is 1. The topological polar surface area (TPSA) is 70.6 Å². The molecule has 0 aliphatic heterocycles. The number of rotatable bonds is 9. The number of aliphatic imine (C=N–C) groups is 1. The van der Waals surface area contributed by atoms with Gasteiger partial charge in [-0.2, -0.15) is 0 Å². The van der Waals surface area contributed by atoms with E-state index in [1.807, 2.05) is 6.92 Å². The average Bonchev–Trinajstić information content (AvgIpc) is 2.33. The van der Waals surface area contributed by atoms with Crippen molar-refractivity contribution in [3.63, 3.8) is 0 Å². The van der Waals surface area contributed by atoms with E-state index in [4.69, 9.17) is 0 Å². The molecule has 0 aromatic rings. The van der Waals surface area contributed by atoms with Gasteiger partial charge in [0.1, 0.15) is 9.84 Å². The van der Waals surface area contributed by atoms with Crippen molar-refractivity contribution in [2.45, 2.75) is 47.0 Å². The van der Waals surface area contributed by atoms with Gasteiger partial charge in [0.25, 0.3) is 0 Å². The molecule has 0 heterocycles. The number of nitrogens with one attached hydrogen (secondary N) is 2. The molecule has 0 saturated carbocycles. The Morgan fingerprint density at radius 1 is 1.19 bits per heavy atom. The van der Waals surface area contributed by atoms with E-state index in [1.165, 1.54) is 6.26 Å². The summed E-state index contributed by atoms with van der Waals surface area (Å²) in [6.07, 6.45) is 4.17. The lowest BCUT2D eigenvalue weighted by atomic mass is 9.90. The van der Waals surface area contributed by atoms with Crippen molar-refractivity contribution in [2.75, 3.05) is 31.6 Å². The van der Waals surface area contributed by atoms with Gasteiger partial charge in [-0.05, 0) is 25.2 Å². The zero-order chi connectivity index (χ0) is 15.6. The molecule has 0 radical (unpaired) electrons. The molecule has 7 heteroatoms. The van der Waals surface area contributed by atoms with Crippen LogP contribution in [0.1, 0.15) is 47.0 Å². The van der Waals surface area contributed by atoms with Crippen LogP contribution < -0.4 is 10.6 Å². The molecule has 0 rings (SSSR count). The second-order valence-corrected chi connectivity index (χ2v) is 8.28. The van der Waals surface area contributed by atoms with Crippen LogP contribution in [0.5, 0.6) is 0 Å². The second kappa shape index (κ2) is 11.5. The highest BCUT2D eigenvalue weighted by molar-refractivity contribution is 14.0. The van der Waals surface area contributed by atoms with E-state index in [9.17, 15) is 8.42 Å². The van der Waals surface area contributed by atoms with Gasteiger partial charge in [0, 0.05) is 25.9 Å². The summed E-state index contributed by atoms with van der Waals surface area (Å²) >= 11 is 0. The van der Waals surface area contributed by atoms with Crippen LogP contribution in [0.15, 0.2) is 4.99 Å². The fourth-order valence-corrected chi connectivity index (χ4v) is 2.48. The summed E-state index contributed by atoms with van der Waals surface area (Å²) in [5, 5.41) is 6.49. The Morgan fingerprint density at radius 2 is 1.81 bits per heavy atom. The van der Waals surface area contributed by atoms with Gasteiger partial charge in [0.15, 0.2) is 5.96 Å². The van der Waals surface area contributed by atoms with Gasteiger partial charge in [0.05, 0.1) is 5.75 Å². The van der Waals surface area contributed by atoms with Gasteiger partial charge >= 0.3 is 0 Å². The molecule has 21 heavy (non-hydrogen) atoms. The highest BCUT2D eigenvalue weighted by Crippen LogP contribution is 2.21. The smallest absolute Gasteiger partial charge is 0.191 e. The standard InChI is InChI=1S/C14H31N3O2S.HI/c1-6-8-10-16-13(15-7-2)17-12-14(3,4)9-11-20(5,18)19;/h6-12H2,1-5H3,(H2,15,16,17);1H. The van der Waals surface area contributed by atoms with E-state index in [1.54, 1.807) is 0 Å². The van der Waals surface area contributed by atoms with Crippen molar-refractivity contribution in [1.82, 2.24) is 10.6 Å². The van der Waals surface area contributed by atoms with Crippen molar-refractivity contribution >= 4 is 39.8 Å². The van der Waals surface area contributed by atoms with E-state index in [0.717, 1.165) is 31.9 Å². The van der Waals surface area contributed by atoms with Crippen molar-refractivity contribution in [3.8, 4) is 0 Å². The van der Waals surface area contributed by atoms with Crippen LogP contribution >= 0.6 is 24.0 Å². The molecule has 0 atom stereocenters. The first-order valence-corrected chi connectivity index (χ1v) is 9.46. The van der Waals surface area contributed by atoms with Crippen molar-refractivity contribution in [2.24, 2.45) is 10.4 Å². The molecule has 0 spiro atoms. The van der Waals surface area contributed by atoms with Crippen LogP contribution in [-0.4, -0.2) is 46.0 Å². The number of sulfone groups is 1. The van der Waals surface area contributed by atoms with Crippen LogP contribution in [0, 0.1) is 5.41 Å². The maximum atomic E-state index is 11.2. The fourth-order valence-electron chi connectivity index (χ4n) is 1.56. The molecule has 0 fully saturated rings. The lowest BCUT2D eigenvalue weighted by molar-refractivity contribution is 0.365. The lowest BCUT2D eigenvalue weighted by Crippen LogP contribution is -2.38. The Bertz CT molecular complexity index is 395. The van der Waals surface area contributed by atoms with Crippen LogP contribution in [0.3, 0.4) is 0 Å². The van der Waals surface area contributed by atoms with Gasteiger partial charge in [-0.15, -0.1) is 24.0 Å². The van der Waals surface area contributed by atoms with Gasteiger partial charge in [0.2, 0.25) is 0 Å². The predicted molar refractivity (Wildman–Crippen MR) is 102 cm³/mol. The second-order valence-electron chi connectivity index (χ2n) is 6.02. The van der Waals surface area contributed by atoms with E-state index in [0.29, 0.717) is 13.0 Å². The zero-order valence-corrected chi connectivity index (χ0v) is 17.2. The Hall–Kier alpha value is -0.0500. The fraction of sp³-hybridized carbons (Fsp3) is 0.929. The quantitative estimate of drug-likeness (QED) is 0.254. The Balaban J connectivity index is 0. The first-order valence-electron chi connectivity index (χ1n) is 7.40. The summed E-state index contributed by atoms with van der Waals surface area (Å²) in [7, 11) is -2.90. The van der Waals surface area contributed by atoms with E-state index in [2.05, 4.69) is 36.4 Å². The SMILES string of the molecule is CCCCNC(=NCC(C)(C)CCS(C)(=O)=O)NCC.I. The molecule has 0 aromatic heterocycles. The maximum absolute atomic E-state index is 11.2. The minimum absolute atomic E-state index is 0. The largest absolute Gasteiger partial charge is 0.357 e. The first kappa shape index (κ1) is 23.2. The van der Waals surface area contributed by atoms with E-state index < -0.39 is 9.84 Å². The molecule has 128 valence electrons. The monoisotopic (exact) mass is 433 g/mol. The highest BCUT2D eigenvalue weighted by atomic mass is 127. The predicted octanol–water partition coefficient (Wildman–Crippen LogP) is 2.42. The van der Waals surface area contributed by atoms with E-state index >= 15 is 0 Å². The van der Waals surface area contributed by atoms with Gasteiger partial charge in [-0.3, -0.25) is 4.99 Å². The summed E-state index contributed by atoms with van der Waals surface area (Å²) in [5.74, 6) is 1.03. The third-order valence-electron chi connectivity index (χ3n) is 2.98. The normalized spacial score (nSPS) is 12.7. The zero-order valence-electron chi connectivity index (χ0n) is 14.0. The van der Waals surface area contributed by atoms with Crippen molar-refractivity contribution in [3.05, 3.63) is 0 Å². The lowest BCUT2D eigenvalue weighted by Gasteiger charge is -2.22. The molecule has 0 amide bonds. The first-order chi connectivity index (χ1) is 9.20. The number of nitrogens with zero attached hydrogens (tertiary/aromatic N) is 1. The molecule has 0 aliphatic rings. The highest BCUT2D eigenvalue weighted by Gasteiger charge is 2.20. The number of halogens is 1. The molecule has 5 nitrogen and oxygen atoms in total. The van der Waals surface area contributed by atoms with Crippen LogP contribution in [0.2, 0.25) is 0 Å². The molecular formula is C14H32IN3O2S. The van der Waals surface area contributed by atoms with Gasteiger partial charge in [-0.25, -0.2) is 8.42 Å². The van der Waals surface area contributed by atoms with Crippen molar-refractivity contribution in [1.29, 1.82) is 0 Å². The summed E-state index contributed by atoms with van der Waals surface area (Å²) in [6, 6.07) is 0. The summed E-state index contributed by atoms with van der Waals surface area (Å²) < 4.78 is 22.5. The van der Waals surface area contributed by atoms with Crippen LogP contribution in [0.4, 0.5) is 0 Å². The minimum atomic E-state index is -2.90. The molecule has 0 aromatic carbocycles. The molecule has 0 bridgehead atoms. The third-order valence-corrected chi connectivity index (χ3v) is 3.93. The summed E-state index contributed by atoms with van der Waals surface area (Å²) in [4.78, 5) is 4.56. The van der Waals surface area contributed by atoms with Crippen LogP contribution in [-0.2, 0) is 9.84 Å². The molecule has 0 unspecified atom stereocenters. The average molecular weight is 433 g/mol. The Kier molecular flexibility index (Phi) is 12.7. The molecule has 2 N–H and O–H groups in total. The number of unbranched alkanes of at least 4 members (excludes halogenated alkanes) is 1. The van der Waals surface area contributed by atoms with Gasteiger partial charge < -0.3 is 10.6 Å². The number of hydrogen-bond acceptors (Lipinski definition) is 3. The van der Waals surface area contributed by atoms with Crippen molar-refractivity contribution < 1.29 is 8.42 Å². The Labute approximate surface area is 147 Å². The van der Waals surface area contributed by atoms with Gasteiger partial charge in [-0.1, -0.05) is 27.2 Å². The van der Waals surface area contributed by atoms with E-state index in [-0.39, 0.29) is 35.1 Å². The minimum Gasteiger partial charge on any atom is -0.357 e. The number of hydrogen-bond donors (Lipinski definition) is 2.